The smallest absolute Gasteiger partial charge is 0.274 e. The molecule has 1 N–H and O–H groups in total. The Morgan fingerprint density at radius 1 is 1.21 bits per heavy atom. The second kappa shape index (κ2) is 9.63. The van der Waals surface area contributed by atoms with Gasteiger partial charge in [-0.3, -0.25) is 9.59 Å². The zero-order valence-corrected chi connectivity index (χ0v) is 20.3. The zero-order chi connectivity index (χ0) is 24.6. The van der Waals surface area contributed by atoms with Gasteiger partial charge >= 0.3 is 0 Å². The number of benzene rings is 1. The summed E-state index contributed by atoms with van der Waals surface area (Å²) >= 11 is 1.22. The first-order valence-electron chi connectivity index (χ1n) is 11.1. The summed E-state index contributed by atoms with van der Waals surface area (Å²) in [5.74, 6) is -1.29. The average Bonchev–Trinajstić information content (AvgIpc) is 3.26. The fraction of sp³-hybridized carbons (Fsp3) is 0.417. The molecule has 2 aromatic heterocycles. The van der Waals surface area contributed by atoms with Crippen molar-refractivity contribution in [2.45, 2.75) is 51.8 Å². The van der Waals surface area contributed by atoms with Crippen molar-refractivity contribution >= 4 is 17.2 Å². The van der Waals surface area contributed by atoms with Crippen molar-refractivity contribution in [3.05, 3.63) is 62.8 Å². The minimum Gasteiger partial charge on any atom is -0.503 e. The molecule has 1 aliphatic heterocycles. The van der Waals surface area contributed by atoms with Crippen molar-refractivity contribution in [3.8, 4) is 16.3 Å². The van der Waals surface area contributed by atoms with Gasteiger partial charge in [-0.2, -0.15) is 0 Å². The molecule has 180 valence electrons. The van der Waals surface area contributed by atoms with E-state index in [0.717, 1.165) is 5.56 Å². The van der Waals surface area contributed by atoms with Crippen LogP contribution in [0.15, 0.2) is 35.3 Å². The average molecular weight is 487 g/mol. The third-order valence-corrected chi connectivity index (χ3v) is 7.03. The highest BCUT2D eigenvalue weighted by molar-refractivity contribution is 7.14. The first-order chi connectivity index (χ1) is 16.2. The molecule has 0 unspecified atom stereocenters. The summed E-state index contributed by atoms with van der Waals surface area (Å²) in [7, 11) is 1.62. The van der Waals surface area contributed by atoms with Gasteiger partial charge in [0, 0.05) is 32.3 Å². The SMILES string of the molecule is CO[C@@H](C)C[C@H]1CN(C(C)C)C(=O)c2c(O)c(=O)c(-c3nnc(Cc4ccc(F)cc4)s3)cn21. The Hall–Kier alpha value is -3.11. The Balaban J connectivity index is 1.75. The summed E-state index contributed by atoms with van der Waals surface area (Å²) in [6.45, 7) is 6.17. The van der Waals surface area contributed by atoms with Crippen molar-refractivity contribution in [3.63, 3.8) is 0 Å². The maximum Gasteiger partial charge on any atom is 0.274 e. The number of aromatic hydroxyl groups is 1. The number of aromatic nitrogens is 3. The molecule has 0 bridgehead atoms. The second-order valence-electron chi connectivity index (χ2n) is 8.77. The van der Waals surface area contributed by atoms with Crippen LogP contribution in [0.25, 0.3) is 10.6 Å². The van der Waals surface area contributed by atoms with Crippen LogP contribution >= 0.6 is 11.3 Å². The number of carbonyl (C=O) groups excluding carboxylic acids is 1. The van der Waals surface area contributed by atoms with E-state index in [4.69, 9.17) is 4.74 Å². The number of ether oxygens (including phenoxy) is 1. The highest BCUT2D eigenvalue weighted by Crippen LogP contribution is 2.33. The predicted molar refractivity (Wildman–Crippen MR) is 127 cm³/mol. The number of hydrogen-bond donors (Lipinski definition) is 1. The van der Waals surface area contributed by atoms with Crippen LogP contribution in [-0.4, -0.2) is 56.5 Å². The summed E-state index contributed by atoms with van der Waals surface area (Å²) < 4.78 is 20.3. The second-order valence-corrected chi connectivity index (χ2v) is 9.83. The number of pyridine rings is 1. The Morgan fingerprint density at radius 3 is 2.56 bits per heavy atom. The van der Waals surface area contributed by atoms with Gasteiger partial charge in [0.25, 0.3) is 5.91 Å². The van der Waals surface area contributed by atoms with Crippen molar-refractivity contribution in [2.75, 3.05) is 13.7 Å². The lowest BCUT2D eigenvalue weighted by molar-refractivity contribution is 0.0497. The fourth-order valence-electron chi connectivity index (χ4n) is 4.13. The summed E-state index contributed by atoms with van der Waals surface area (Å²) in [5.41, 5.74) is 0.373. The molecule has 3 heterocycles. The molecular weight excluding hydrogens is 459 g/mol. The van der Waals surface area contributed by atoms with E-state index in [0.29, 0.717) is 29.4 Å². The molecule has 0 saturated heterocycles. The van der Waals surface area contributed by atoms with Crippen LogP contribution in [0.4, 0.5) is 4.39 Å². The third-order valence-electron chi connectivity index (χ3n) is 6.07. The monoisotopic (exact) mass is 486 g/mol. The first kappa shape index (κ1) is 24.0. The van der Waals surface area contributed by atoms with E-state index in [1.54, 1.807) is 34.9 Å². The molecule has 0 saturated carbocycles. The molecule has 1 amide bonds. The number of amides is 1. The third kappa shape index (κ3) is 4.60. The lowest BCUT2D eigenvalue weighted by Crippen LogP contribution is -2.48. The van der Waals surface area contributed by atoms with Gasteiger partial charge in [-0.1, -0.05) is 23.5 Å². The molecular formula is C24H27FN4O4S. The van der Waals surface area contributed by atoms with E-state index in [1.807, 2.05) is 20.8 Å². The van der Waals surface area contributed by atoms with Crippen LogP contribution in [-0.2, 0) is 11.2 Å². The Kier molecular flexibility index (Phi) is 6.81. The normalized spacial score (nSPS) is 16.7. The molecule has 2 atom stereocenters. The summed E-state index contributed by atoms with van der Waals surface area (Å²) in [4.78, 5) is 27.9. The number of carbonyl (C=O) groups is 1. The molecule has 8 nitrogen and oxygen atoms in total. The van der Waals surface area contributed by atoms with Crippen LogP contribution in [0.5, 0.6) is 5.75 Å². The topological polar surface area (TPSA) is 97.6 Å². The van der Waals surface area contributed by atoms with Gasteiger partial charge in [-0.25, -0.2) is 4.39 Å². The van der Waals surface area contributed by atoms with Crippen LogP contribution in [0.2, 0.25) is 0 Å². The van der Waals surface area contributed by atoms with Gasteiger partial charge in [0.05, 0.1) is 17.7 Å². The zero-order valence-electron chi connectivity index (χ0n) is 19.5. The Bertz CT molecular complexity index is 1250. The molecule has 1 aliphatic rings. The fourth-order valence-corrected chi connectivity index (χ4v) is 5.01. The summed E-state index contributed by atoms with van der Waals surface area (Å²) in [6.07, 6.45) is 2.54. The van der Waals surface area contributed by atoms with E-state index in [1.165, 1.54) is 23.5 Å². The van der Waals surface area contributed by atoms with Crippen LogP contribution in [0.3, 0.4) is 0 Å². The quantitative estimate of drug-likeness (QED) is 0.548. The van der Waals surface area contributed by atoms with Crippen LogP contribution < -0.4 is 5.43 Å². The molecule has 0 aliphatic carbocycles. The molecule has 0 radical (unpaired) electrons. The maximum atomic E-state index is 13.2. The van der Waals surface area contributed by atoms with Crippen LogP contribution in [0.1, 0.15) is 54.3 Å². The van der Waals surface area contributed by atoms with Gasteiger partial charge in [0.1, 0.15) is 10.8 Å². The highest BCUT2D eigenvalue weighted by atomic mass is 32.1. The number of rotatable bonds is 7. The van der Waals surface area contributed by atoms with Gasteiger partial charge in [-0.15, -0.1) is 10.2 Å². The lowest BCUT2D eigenvalue weighted by atomic mass is 10.0. The molecule has 3 aromatic rings. The first-order valence-corrected chi connectivity index (χ1v) is 11.9. The lowest BCUT2D eigenvalue weighted by Gasteiger charge is -2.39. The molecule has 0 spiro atoms. The van der Waals surface area contributed by atoms with E-state index in [2.05, 4.69) is 10.2 Å². The standard InChI is InChI=1S/C24H27FN4O4S/c1-13(2)28-11-17(9-14(3)33-4)29-12-18(21(30)22(31)20(29)24(28)32)23-27-26-19(34-23)10-15-5-7-16(25)8-6-15/h5-8,12-14,17,31H,9-11H2,1-4H3/t14-,17-/m0/s1. The number of nitrogens with zero attached hydrogens (tertiary/aromatic N) is 4. The summed E-state index contributed by atoms with van der Waals surface area (Å²) in [6, 6.07) is 5.82. The van der Waals surface area contributed by atoms with E-state index in [-0.39, 0.29) is 41.2 Å². The van der Waals surface area contributed by atoms with Gasteiger partial charge in [0.2, 0.25) is 5.43 Å². The van der Waals surface area contributed by atoms with Crippen molar-refractivity contribution in [2.24, 2.45) is 0 Å². The van der Waals surface area contributed by atoms with Gasteiger partial charge in [-0.05, 0) is 44.9 Å². The van der Waals surface area contributed by atoms with Crippen molar-refractivity contribution < 1.29 is 19.0 Å². The number of fused-ring (bicyclic) bond motifs is 1. The molecule has 1 aromatic carbocycles. The molecule has 10 heteroatoms. The van der Waals surface area contributed by atoms with Crippen molar-refractivity contribution in [1.29, 1.82) is 0 Å². The molecule has 0 fully saturated rings. The summed E-state index contributed by atoms with van der Waals surface area (Å²) in [5, 5.41) is 20.2. The predicted octanol–water partition coefficient (Wildman–Crippen LogP) is 3.63. The van der Waals surface area contributed by atoms with E-state index >= 15 is 0 Å². The minimum atomic E-state index is -0.659. The number of halogens is 1. The number of methoxy groups -OCH3 is 1. The Morgan fingerprint density at radius 2 is 1.91 bits per heavy atom. The van der Waals surface area contributed by atoms with Gasteiger partial charge in [0.15, 0.2) is 16.5 Å². The minimum absolute atomic E-state index is 0.0157. The van der Waals surface area contributed by atoms with E-state index in [9.17, 15) is 19.1 Å². The van der Waals surface area contributed by atoms with E-state index < -0.39 is 11.2 Å². The number of hydrogen-bond acceptors (Lipinski definition) is 7. The highest BCUT2D eigenvalue weighted by Gasteiger charge is 2.36. The van der Waals surface area contributed by atoms with Crippen LogP contribution in [0, 0.1) is 5.82 Å². The largest absolute Gasteiger partial charge is 0.503 e. The Labute approximate surface area is 200 Å². The maximum absolute atomic E-state index is 13.2. The van der Waals surface area contributed by atoms with Crippen molar-refractivity contribution in [1.82, 2.24) is 19.7 Å². The molecule has 4 rings (SSSR count). The molecule has 34 heavy (non-hydrogen) atoms. The van der Waals surface area contributed by atoms with Gasteiger partial charge < -0.3 is 19.3 Å².